The van der Waals surface area contributed by atoms with E-state index in [0.29, 0.717) is 0 Å². The third-order valence-corrected chi connectivity index (χ3v) is 1.87. The first kappa shape index (κ1) is 12.5. The van der Waals surface area contributed by atoms with Gasteiger partial charge in [0.05, 0.1) is 0 Å². The van der Waals surface area contributed by atoms with Crippen LogP contribution in [0.2, 0.25) is 0 Å². The molecule has 0 aliphatic rings. The minimum Gasteiger partial charge on any atom is -0.375 e. The van der Waals surface area contributed by atoms with E-state index in [1.165, 1.54) is 7.11 Å². The highest BCUT2D eigenvalue weighted by Crippen LogP contribution is 2.14. The van der Waals surface area contributed by atoms with Crippen molar-refractivity contribution in [2.45, 2.75) is 6.54 Å². The summed E-state index contributed by atoms with van der Waals surface area (Å²) in [6.07, 6.45) is 0. The molecule has 0 saturated heterocycles. The van der Waals surface area contributed by atoms with Gasteiger partial charge in [-0.15, -0.1) is 0 Å². The number of hydrogen-bond acceptors (Lipinski definition) is 2. The maximum Gasteiger partial charge on any atom is 0.246 e. The average molecular weight is 233 g/mol. The molecule has 0 spiro atoms. The monoisotopic (exact) mass is 233 g/mol. The van der Waals surface area contributed by atoms with Crippen LogP contribution in [0.1, 0.15) is 5.56 Å². The number of rotatable bonds is 4. The number of ether oxygens (including phenoxy) is 1. The van der Waals surface area contributed by atoms with Crippen LogP contribution in [0, 0.1) is 17.5 Å². The quantitative estimate of drug-likeness (QED) is 0.797. The number of hydrogen-bond donors (Lipinski definition) is 1. The number of methoxy groups -OCH3 is 1. The summed E-state index contributed by atoms with van der Waals surface area (Å²) in [6.45, 7) is -0.392. The fourth-order valence-corrected chi connectivity index (χ4v) is 1.08. The van der Waals surface area contributed by atoms with Crippen molar-refractivity contribution in [1.29, 1.82) is 0 Å². The molecule has 1 aromatic carbocycles. The van der Waals surface area contributed by atoms with Crippen molar-refractivity contribution in [2.24, 2.45) is 0 Å². The second-order valence-electron chi connectivity index (χ2n) is 3.04. The molecule has 1 N–H and O–H groups in total. The average Bonchev–Trinajstić information content (AvgIpc) is 2.25. The van der Waals surface area contributed by atoms with Crippen LogP contribution in [-0.2, 0) is 16.1 Å². The molecule has 0 aromatic heterocycles. The van der Waals surface area contributed by atoms with Gasteiger partial charge in [-0.3, -0.25) is 4.79 Å². The summed E-state index contributed by atoms with van der Waals surface area (Å²) in [6, 6.07) is 1.87. The minimum absolute atomic E-state index is 0.122. The Labute approximate surface area is 90.2 Å². The highest BCUT2D eigenvalue weighted by atomic mass is 19.2. The summed E-state index contributed by atoms with van der Waals surface area (Å²) >= 11 is 0. The van der Waals surface area contributed by atoms with Gasteiger partial charge in [-0.2, -0.15) is 0 Å². The van der Waals surface area contributed by atoms with Gasteiger partial charge in [0.25, 0.3) is 0 Å². The molecule has 88 valence electrons. The van der Waals surface area contributed by atoms with Crippen LogP contribution >= 0.6 is 0 Å². The Bertz CT molecular complexity index is 396. The fourth-order valence-electron chi connectivity index (χ4n) is 1.08. The van der Waals surface area contributed by atoms with E-state index in [2.05, 4.69) is 10.1 Å². The van der Waals surface area contributed by atoms with Crippen LogP contribution < -0.4 is 5.32 Å². The third kappa shape index (κ3) is 2.96. The van der Waals surface area contributed by atoms with Crippen molar-refractivity contribution >= 4 is 5.91 Å². The van der Waals surface area contributed by atoms with Crippen LogP contribution in [0.4, 0.5) is 13.2 Å². The second kappa shape index (κ2) is 5.50. The molecular weight excluding hydrogens is 223 g/mol. The number of benzene rings is 1. The van der Waals surface area contributed by atoms with Crippen LogP contribution in [0.3, 0.4) is 0 Å². The van der Waals surface area contributed by atoms with Crippen molar-refractivity contribution in [1.82, 2.24) is 5.32 Å². The molecule has 0 aliphatic heterocycles. The lowest BCUT2D eigenvalue weighted by Crippen LogP contribution is -2.27. The number of carbonyl (C=O) groups excluding carboxylic acids is 1. The van der Waals surface area contributed by atoms with Gasteiger partial charge in [-0.1, -0.05) is 6.07 Å². The van der Waals surface area contributed by atoms with Crippen LogP contribution in [-0.4, -0.2) is 19.6 Å². The molecule has 0 fully saturated rings. The summed E-state index contributed by atoms with van der Waals surface area (Å²) in [5, 5.41) is 2.29. The van der Waals surface area contributed by atoms with E-state index in [1.807, 2.05) is 0 Å². The number of nitrogens with one attached hydrogen (secondary N) is 1. The van der Waals surface area contributed by atoms with Gasteiger partial charge < -0.3 is 10.1 Å². The Morgan fingerprint density at radius 1 is 1.31 bits per heavy atom. The van der Waals surface area contributed by atoms with Gasteiger partial charge in [0.2, 0.25) is 5.91 Å². The second-order valence-corrected chi connectivity index (χ2v) is 3.04. The van der Waals surface area contributed by atoms with E-state index in [4.69, 9.17) is 0 Å². The van der Waals surface area contributed by atoms with Gasteiger partial charge in [-0.05, 0) is 6.07 Å². The molecule has 6 heteroatoms. The van der Waals surface area contributed by atoms with Crippen molar-refractivity contribution in [3.63, 3.8) is 0 Å². The fraction of sp³-hybridized carbons (Fsp3) is 0.300. The predicted molar refractivity (Wildman–Crippen MR) is 50.0 cm³/mol. The van der Waals surface area contributed by atoms with Gasteiger partial charge in [-0.25, -0.2) is 13.2 Å². The molecule has 0 aliphatic carbocycles. The number of carbonyl (C=O) groups is 1. The van der Waals surface area contributed by atoms with E-state index in [1.54, 1.807) is 0 Å². The van der Waals surface area contributed by atoms with Crippen molar-refractivity contribution in [2.75, 3.05) is 13.7 Å². The van der Waals surface area contributed by atoms with Gasteiger partial charge >= 0.3 is 0 Å². The number of halogens is 3. The molecule has 1 rings (SSSR count). The van der Waals surface area contributed by atoms with Crippen LogP contribution in [0.15, 0.2) is 12.1 Å². The third-order valence-electron chi connectivity index (χ3n) is 1.87. The lowest BCUT2D eigenvalue weighted by Gasteiger charge is -2.06. The summed E-state index contributed by atoms with van der Waals surface area (Å²) < 4.78 is 43.0. The summed E-state index contributed by atoms with van der Waals surface area (Å²) in [5.74, 6) is -4.56. The maximum atomic E-state index is 13.1. The topological polar surface area (TPSA) is 38.3 Å². The minimum atomic E-state index is -1.54. The van der Waals surface area contributed by atoms with Crippen LogP contribution in [0.25, 0.3) is 0 Å². The first-order valence-electron chi connectivity index (χ1n) is 4.44. The Morgan fingerprint density at radius 2 is 2.00 bits per heavy atom. The van der Waals surface area contributed by atoms with Crippen LogP contribution in [0.5, 0.6) is 0 Å². The van der Waals surface area contributed by atoms with Gasteiger partial charge in [0.1, 0.15) is 6.61 Å². The van der Waals surface area contributed by atoms with E-state index in [9.17, 15) is 18.0 Å². The standard InChI is InChI=1S/C10H10F3NO2/c1-16-5-8(15)14-4-6-2-3-7(11)10(13)9(6)12/h2-3H,4-5H2,1H3,(H,14,15). The first-order valence-corrected chi connectivity index (χ1v) is 4.44. The zero-order chi connectivity index (χ0) is 12.1. The van der Waals surface area contributed by atoms with E-state index in [0.717, 1.165) is 12.1 Å². The lowest BCUT2D eigenvalue weighted by atomic mass is 10.2. The SMILES string of the molecule is COCC(=O)NCc1ccc(F)c(F)c1F. The van der Waals surface area contributed by atoms with E-state index < -0.39 is 23.4 Å². The normalized spacial score (nSPS) is 10.2. The largest absolute Gasteiger partial charge is 0.375 e. The van der Waals surface area contributed by atoms with Crippen molar-refractivity contribution in [3.8, 4) is 0 Å². The molecule has 1 aromatic rings. The molecule has 3 nitrogen and oxygen atoms in total. The zero-order valence-corrected chi connectivity index (χ0v) is 8.52. The molecule has 0 saturated carbocycles. The maximum absolute atomic E-state index is 13.1. The summed E-state index contributed by atoms with van der Waals surface area (Å²) in [7, 11) is 1.33. The van der Waals surface area contributed by atoms with E-state index in [-0.39, 0.29) is 18.7 Å². The molecular formula is C10H10F3NO2. The Morgan fingerprint density at radius 3 is 2.62 bits per heavy atom. The van der Waals surface area contributed by atoms with Crippen molar-refractivity contribution in [3.05, 3.63) is 35.1 Å². The highest BCUT2D eigenvalue weighted by molar-refractivity contribution is 5.77. The molecule has 16 heavy (non-hydrogen) atoms. The zero-order valence-electron chi connectivity index (χ0n) is 8.52. The summed E-state index contributed by atoms with van der Waals surface area (Å²) in [5.41, 5.74) is -0.122. The van der Waals surface area contributed by atoms with E-state index >= 15 is 0 Å². The molecule has 1 amide bonds. The number of amides is 1. The van der Waals surface area contributed by atoms with Gasteiger partial charge in [0, 0.05) is 19.2 Å². The lowest BCUT2D eigenvalue weighted by molar-refractivity contribution is -0.124. The molecule has 0 bridgehead atoms. The smallest absolute Gasteiger partial charge is 0.246 e. The molecule has 0 radical (unpaired) electrons. The molecule has 0 unspecified atom stereocenters. The Balaban J connectivity index is 2.68. The highest BCUT2D eigenvalue weighted by Gasteiger charge is 2.13. The summed E-state index contributed by atoms with van der Waals surface area (Å²) in [4.78, 5) is 11.0. The van der Waals surface area contributed by atoms with Crippen molar-refractivity contribution < 1.29 is 22.7 Å². The molecule has 0 heterocycles. The Hall–Kier alpha value is -1.56. The predicted octanol–water partition coefficient (Wildman–Crippen LogP) is 1.37. The Kier molecular flexibility index (Phi) is 4.30. The first-order chi connectivity index (χ1) is 7.56. The van der Waals surface area contributed by atoms with Gasteiger partial charge in [0.15, 0.2) is 17.5 Å². The molecule has 0 atom stereocenters.